The normalized spacial score (nSPS) is 30.2. The van der Waals surface area contributed by atoms with Crippen molar-refractivity contribution < 1.29 is 9.50 Å². The predicted molar refractivity (Wildman–Crippen MR) is 93.3 cm³/mol. The largest absolute Gasteiger partial charge is 0.389 e. The molecule has 0 bridgehead atoms. The second-order valence-corrected chi connectivity index (χ2v) is 8.17. The molecule has 4 aliphatic rings. The number of rotatable bonds is 2. The lowest BCUT2D eigenvalue weighted by atomic mass is 9.80. The van der Waals surface area contributed by atoms with Gasteiger partial charge >= 0.3 is 0 Å². The summed E-state index contributed by atoms with van der Waals surface area (Å²) < 4.78 is 17.9. The maximum Gasteiger partial charge on any atom is 0.291 e. The molecule has 9 nitrogen and oxygen atoms in total. The Morgan fingerprint density at radius 2 is 2.11 bits per heavy atom. The molecule has 27 heavy (non-hydrogen) atoms. The van der Waals surface area contributed by atoms with Gasteiger partial charge in [0.1, 0.15) is 12.0 Å². The summed E-state index contributed by atoms with van der Waals surface area (Å²) in [6.45, 7) is 0. The third kappa shape index (κ3) is 2.19. The smallest absolute Gasteiger partial charge is 0.291 e. The number of imidazole rings is 1. The predicted octanol–water partition coefficient (Wildman–Crippen LogP) is 0.981. The topological polar surface area (TPSA) is 96.4 Å². The van der Waals surface area contributed by atoms with Crippen molar-refractivity contribution in [3.05, 3.63) is 24.2 Å². The van der Waals surface area contributed by atoms with E-state index in [-0.39, 0.29) is 18.1 Å². The first kappa shape index (κ1) is 15.6. The van der Waals surface area contributed by atoms with Crippen molar-refractivity contribution in [3.63, 3.8) is 0 Å². The van der Waals surface area contributed by atoms with Crippen LogP contribution in [0.3, 0.4) is 0 Å². The van der Waals surface area contributed by atoms with Crippen molar-refractivity contribution in [1.82, 2.24) is 30.0 Å². The van der Waals surface area contributed by atoms with Crippen LogP contribution in [0.2, 0.25) is 0 Å². The Labute approximate surface area is 154 Å². The average Bonchev–Trinajstić information content (AvgIpc) is 3.06. The van der Waals surface area contributed by atoms with E-state index in [1.807, 2.05) is 4.90 Å². The van der Waals surface area contributed by atoms with E-state index >= 15 is 0 Å². The van der Waals surface area contributed by atoms with Crippen LogP contribution in [-0.4, -0.2) is 47.4 Å². The number of halogens is 1. The van der Waals surface area contributed by atoms with Gasteiger partial charge in [-0.25, -0.2) is 4.98 Å². The number of hydrogen-bond acceptors (Lipinski definition) is 7. The van der Waals surface area contributed by atoms with Crippen LogP contribution in [-0.2, 0) is 6.42 Å². The zero-order valence-electron chi connectivity index (χ0n) is 14.8. The number of aliphatic hydroxyl groups is 1. The minimum absolute atomic E-state index is 0.0463. The minimum Gasteiger partial charge on any atom is -0.389 e. The number of anilines is 1. The number of aromatic nitrogens is 5. The van der Waals surface area contributed by atoms with Gasteiger partial charge in [0.25, 0.3) is 12.0 Å². The highest BCUT2D eigenvalue weighted by Gasteiger charge is 2.49. The average molecular weight is 372 g/mol. The molecular formula is C17H21FN8O. The van der Waals surface area contributed by atoms with Crippen LogP contribution < -0.4 is 10.3 Å². The summed E-state index contributed by atoms with van der Waals surface area (Å²) in [6.07, 6.45) is 9.01. The van der Waals surface area contributed by atoms with Gasteiger partial charge in [-0.05, 0) is 25.7 Å². The molecule has 142 valence electrons. The Kier molecular flexibility index (Phi) is 3.04. The van der Waals surface area contributed by atoms with Crippen molar-refractivity contribution in [3.8, 4) is 0 Å². The van der Waals surface area contributed by atoms with Crippen LogP contribution in [0.15, 0.2) is 17.5 Å². The molecule has 0 radical (unpaired) electrons. The zero-order chi connectivity index (χ0) is 18.2. The van der Waals surface area contributed by atoms with Crippen molar-refractivity contribution in [1.29, 1.82) is 0 Å². The SMILES string of the molecule is OC1(Cc2cnnn2C2=NNC3C4CCCCC4n4c(cnc4F)N23)CC1. The number of fused-ring (bicyclic) bond motifs is 6. The molecule has 10 heteroatoms. The van der Waals surface area contributed by atoms with Crippen molar-refractivity contribution in [2.75, 3.05) is 4.90 Å². The van der Waals surface area contributed by atoms with E-state index in [0.717, 1.165) is 44.2 Å². The molecule has 6 rings (SSSR count). The van der Waals surface area contributed by atoms with Crippen LogP contribution in [0, 0.1) is 12.0 Å². The molecule has 3 atom stereocenters. The van der Waals surface area contributed by atoms with E-state index < -0.39 is 11.7 Å². The molecular weight excluding hydrogens is 351 g/mol. The van der Waals surface area contributed by atoms with E-state index in [4.69, 9.17) is 0 Å². The highest BCUT2D eigenvalue weighted by Crippen LogP contribution is 2.46. The fraction of sp³-hybridized carbons (Fsp3) is 0.647. The van der Waals surface area contributed by atoms with Gasteiger partial charge in [-0.1, -0.05) is 18.1 Å². The number of hydrogen-bond donors (Lipinski definition) is 2. The fourth-order valence-corrected chi connectivity index (χ4v) is 4.89. The first-order valence-corrected chi connectivity index (χ1v) is 9.62. The zero-order valence-corrected chi connectivity index (χ0v) is 14.8. The van der Waals surface area contributed by atoms with Gasteiger partial charge in [-0.3, -0.25) is 14.9 Å². The first-order valence-electron chi connectivity index (χ1n) is 9.62. The summed E-state index contributed by atoms with van der Waals surface area (Å²) in [5.41, 5.74) is 3.39. The lowest BCUT2D eigenvalue weighted by molar-refractivity contribution is 0.149. The molecule has 2 aliphatic heterocycles. The Balaban J connectivity index is 1.43. The summed E-state index contributed by atoms with van der Waals surface area (Å²) in [4.78, 5) is 5.93. The summed E-state index contributed by atoms with van der Waals surface area (Å²) in [5, 5.41) is 23.1. The van der Waals surface area contributed by atoms with Gasteiger partial charge in [0.2, 0.25) is 0 Å². The molecule has 3 unspecified atom stereocenters. The van der Waals surface area contributed by atoms with Crippen molar-refractivity contribution >= 4 is 11.8 Å². The van der Waals surface area contributed by atoms with Crippen LogP contribution in [0.4, 0.5) is 10.2 Å². The molecule has 0 amide bonds. The minimum atomic E-state index is -0.657. The van der Waals surface area contributed by atoms with Gasteiger partial charge in [0, 0.05) is 18.4 Å². The van der Waals surface area contributed by atoms with Gasteiger partial charge in [0.05, 0.1) is 23.7 Å². The van der Waals surface area contributed by atoms with E-state index in [0.29, 0.717) is 18.2 Å². The Morgan fingerprint density at radius 3 is 2.96 bits per heavy atom. The summed E-state index contributed by atoms with van der Waals surface area (Å²) in [5.74, 6) is 1.49. The monoisotopic (exact) mass is 372 g/mol. The molecule has 2 N–H and O–H groups in total. The van der Waals surface area contributed by atoms with Crippen LogP contribution in [0.1, 0.15) is 50.3 Å². The third-order valence-corrected chi connectivity index (χ3v) is 6.43. The Morgan fingerprint density at radius 1 is 1.26 bits per heavy atom. The summed E-state index contributed by atoms with van der Waals surface area (Å²) in [7, 11) is 0. The standard InChI is InChI=1S/C17H21FN8O/c18-15-19-9-13-24(15)12-4-2-1-3-11(12)14-21-22-16(25(13)14)26-10(8-20-23-26)7-17(27)5-6-17/h8-9,11-12,14,21,27H,1-7H2. The number of hydrazone groups is 1. The second kappa shape index (κ2) is 5.28. The molecule has 4 heterocycles. The van der Waals surface area contributed by atoms with Crippen molar-refractivity contribution in [2.45, 2.75) is 62.8 Å². The molecule has 2 aliphatic carbocycles. The van der Waals surface area contributed by atoms with Crippen LogP contribution >= 0.6 is 0 Å². The van der Waals surface area contributed by atoms with E-state index in [1.165, 1.54) is 0 Å². The maximum absolute atomic E-state index is 14.5. The van der Waals surface area contributed by atoms with E-state index in [9.17, 15) is 9.50 Å². The molecule has 0 saturated heterocycles. The lowest BCUT2D eigenvalue weighted by Crippen LogP contribution is -2.55. The van der Waals surface area contributed by atoms with E-state index in [2.05, 4.69) is 25.8 Å². The van der Waals surface area contributed by atoms with Crippen LogP contribution in [0.25, 0.3) is 0 Å². The molecule has 2 aromatic heterocycles. The van der Waals surface area contributed by atoms with Crippen LogP contribution in [0.5, 0.6) is 0 Å². The third-order valence-electron chi connectivity index (χ3n) is 6.43. The Bertz CT molecular complexity index is 931. The molecule has 0 spiro atoms. The highest BCUT2D eigenvalue weighted by molar-refractivity contribution is 5.98. The van der Waals surface area contributed by atoms with Gasteiger partial charge in [0.15, 0.2) is 0 Å². The van der Waals surface area contributed by atoms with Gasteiger partial charge in [-0.2, -0.15) is 9.07 Å². The van der Waals surface area contributed by atoms with Crippen molar-refractivity contribution in [2.24, 2.45) is 11.0 Å². The maximum atomic E-state index is 14.5. The number of nitrogens with zero attached hydrogens (tertiary/aromatic N) is 7. The number of nitrogens with one attached hydrogen (secondary N) is 1. The quantitative estimate of drug-likeness (QED) is 0.816. The second-order valence-electron chi connectivity index (χ2n) is 8.17. The first-order chi connectivity index (χ1) is 13.1. The summed E-state index contributed by atoms with van der Waals surface area (Å²) in [6, 6.07) is 0.0990. The van der Waals surface area contributed by atoms with Gasteiger partial charge < -0.3 is 5.11 Å². The molecule has 2 aromatic rings. The lowest BCUT2D eigenvalue weighted by Gasteiger charge is -2.45. The molecule has 2 fully saturated rings. The van der Waals surface area contributed by atoms with E-state index in [1.54, 1.807) is 21.6 Å². The highest BCUT2D eigenvalue weighted by atomic mass is 19.1. The molecule has 2 saturated carbocycles. The van der Waals surface area contributed by atoms with Gasteiger partial charge in [-0.15, -0.1) is 10.2 Å². The molecule has 0 aromatic carbocycles. The Hall–Kier alpha value is -2.49. The fourth-order valence-electron chi connectivity index (χ4n) is 4.89. The summed E-state index contributed by atoms with van der Waals surface area (Å²) >= 11 is 0.